The van der Waals surface area contributed by atoms with E-state index in [1.165, 1.54) is 0 Å². The third-order valence-corrected chi connectivity index (χ3v) is 3.07. The van der Waals surface area contributed by atoms with Crippen molar-refractivity contribution in [3.05, 3.63) is 77.9 Å². The molecular formula is C19H18N2O. The van der Waals surface area contributed by atoms with Gasteiger partial charge in [0.15, 0.2) is 0 Å². The molecule has 2 N–H and O–H groups in total. The quantitative estimate of drug-likeness (QED) is 0.634. The highest BCUT2D eigenvalue weighted by Crippen LogP contribution is 2.03. The van der Waals surface area contributed by atoms with Crippen LogP contribution in [0.3, 0.4) is 0 Å². The summed E-state index contributed by atoms with van der Waals surface area (Å²) in [5, 5.41) is 0. The number of hydrogen-bond donors (Lipinski definition) is 2. The molecule has 0 saturated heterocycles. The normalized spacial score (nSPS) is 11.8. The molecule has 1 amide bonds. The molecule has 0 aliphatic rings. The van der Waals surface area contributed by atoms with E-state index in [-0.39, 0.29) is 11.9 Å². The van der Waals surface area contributed by atoms with Crippen LogP contribution in [0.1, 0.15) is 22.3 Å². The van der Waals surface area contributed by atoms with E-state index >= 15 is 0 Å². The summed E-state index contributed by atoms with van der Waals surface area (Å²) in [6.45, 7) is 0. The van der Waals surface area contributed by atoms with Crippen LogP contribution in [-0.4, -0.2) is 11.9 Å². The molecule has 2 rings (SSSR count). The molecule has 0 spiro atoms. The van der Waals surface area contributed by atoms with E-state index in [2.05, 4.69) is 16.8 Å². The van der Waals surface area contributed by atoms with Crippen LogP contribution in [0.5, 0.6) is 0 Å². The fraction of sp³-hybridized carbons (Fsp3) is 0.105. The van der Waals surface area contributed by atoms with E-state index in [1.54, 1.807) is 12.1 Å². The van der Waals surface area contributed by atoms with Crippen molar-refractivity contribution in [2.45, 2.75) is 12.5 Å². The second-order valence-electron chi connectivity index (χ2n) is 4.75. The van der Waals surface area contributed by atoms with Gasteiger partial charge >= 0.3 is 0 Å². The molecule has 0 bridgehead atoms. The zero-order chi connectivity index (χ0) is 15.6. The zero-order valence-electron chi connectivity index (χ0n) is 12.2. The third-order valence-electron chi connectivity index (χ3n) is 3.07. The summed E-state index contributed by atoms with van der Waals surface area (Å²) < 4.78 is 0. The van der Waals surface area contributed by atoms with E-state index in [0.29, 0.717) is 12.0 Å². The number of nitrogens with one attached hydrogen (secondary N) is 2. The number of carbonyl (C=O) groups is 1. The molecule has 0 aromatic heterocycles. The zero-order valence-corrected chi connectivity index (χ0v) is 12.2. The van der Waals surface area contributed by atoms with Gasteiger partial charge in [0.25, 0.3) is 5.91 Å². The highest BCUT2D eigenvalue weighted by atomic mass is 16.2. The molecule has 1 unspecified atom stereocenters. The van der Waals surface area contributed by atoms with Crippen molar-refractivity contribution in [3.8, 4) is 12.3 Å². The van der Waals surface area contributed by atoms with Gasteiger partial charge in [-0.2, -0.15) is 0 Å². The van der Waals surface area contributed by atoms with E-state index in [0.717, 1.165) is 5.56 Å². The Morgan fingerprint density at radius 3 is 2.36 bits per heavy atom. The number of carbonyl (C=O) groups excluding carboxylic acids is 1. The van der Waals surface area contributed by atoms with Crippen molar-refractivity contribution in [1.82, 2.24) is 10.9 Å². The van der Waals surface area contributed by atoms with Crippen molar-refractivity contribution in [2.24, 2.45) is 0 Å². The Morgan fingerprint density at radius 1 is 1.09 bits per heavy atom. The minimum absolute atomic E-state index is 0.127. The van der Waals surface area contributed by atoms with Crippen LogP contribution in [0.25, 0.3) is 6.08 Å². The summed E-state index contributed by atoms with van der Waals surface area (Å²) in [5.41, 5.74) is 7.33. The van der Waals surface area contributed by atoms with Crippen molar-refractivity contribution in [2.75, 3.05) is 0 Å². The minimum Gasteiger partial charge on any atom is -0.287 e. The van der Waals surface area contributed by atoms with Gasteiger partial charge in [-0.3, -0.25) is 10.2 Å². The van der Waals surface area contributed by atoms with Gasteiger partial charge in [0.05, 0.1) is 6.04 Å². The van der Waals surface area contributed by atoms with E-state index in [4.69, 9.17) is 6.42 Å². The maximum Gasteiger partial charge on any atom is 0.265 e. The van der Waals surface area contributed by atoms with Gasteiger partial charge in [0.2, 0.25) is 0 Å². The fourth-order valence-corrected chi connectivity index (χ4v) is 1.91. The molecule has 0 heterocycles. The van der Waals surface area contributed by atoms with Crippen molar-refractivity contribution in [3.63, 3.8) is 0 Å². The summed E-state index contributed by atoms with van der Waals surface area (Å²) >= 11 is 0. The Hall–Kier alpha value is -2.83. The predicted molar refractivity (Wildman–Crippen MR) is 89.8 cm³/mol. The lowest BCUT2D eigenvalue weighted by Crippen LogP contribution is -2.43. The van der Waals surface area contributed by atoms with Crippen LogP contribution in [0.2, 0.25) is 0 Å². The molecule has 3 heteroatoms. The average molecular weight is 290 g/mol. The largest absolute Gasteiger partial charge is 0.287 e. The van der Waals surface area contributed by atoms with Crippen molar-refractivity contribution < 1.29 is 4.79 Å². The smallest absolute Gasteiger partial charge is 0.265 e. The molecule has 0 fully saturated rings. The van der Waals surface area contributed by atoms with E-state index < -0.39 is 0 Å². The van der Waals surface area contributed by atoms with Crippen LogP contribution in [0.4, 0.5) is 0 Å². The van der Waals surface area contributed by atoms with Gasteiger partial charge in [-0.1, -0.05) is 60.7 Å². The molecule has 0 radical (unpaired) electrons. The highest BCUT2D eigenvalue weighted by molar-refractivity contribution is 5.93. The number of benzene rings is 2. The molecule has 3 nitrogen and oxygen atoms in total. The Kier molecular flexibility index (Phi) is 5.98. The summed E-state index contributed by atoms with van der Waals surface area (Å²) in [6.07, 6.45) is 9.78. The molecule has 0 aliphatic heterocycles. The number of rotatable bonds is 6. The Bertz CT molecular complexity index is 657. The standard InChI is InChI=1S/C19H18N2O/c1-2-9-18(15-14-16-10-5-3-6-11-16)20-21-19(22)17-12-7-4-8-13-17/h1,3-8,10-15,18,20H,9H2,(H,21,22)/b15-14+. The lowest BCUT2D eigenvalue weighted by Gasteiger charge is -2.13. The summed E-state index contributed by atoms with van der Waals surface area (Å²) in [5.74, 6) is 2.42. The number of hydrogen-bond acceptors (Lipinski definition) is 2. The van der Waals surface area contributed by atoms with Gasteiger partial charge in [-0.25, -0.2) is 5.43 Å². The second kappa shape index (κ2) is 8.46. The van der Waals surface area contributed by atoms with Crippen molar-refractivity contribution in [1.29, 1.82) is 0 Å². The second-order valence-corrected chi connectivity index (χ2v) is 4.75. The fourth-order valence-electron chi connectivity index (χ4n) is 1.91. The Morgan fingerprint density at radius 2 is 1.73 bits per heavy atom. The minimum atomic E-state index is -0.185. The maximum atomic E-state index is 12.0. The predicted octanol–water partition coefficient (Wildman–Crippen LogP) is 3.03. The topological polar surface area (TPSA) is 41.1 Å². The number of hydrazine groups is 1. The molecule has 22 heavy (non-hydrogen) atoms. The monoisotopic (exact) mass is 290 g/mol. The first-order valence-corrected chi connectivity index (χ1v) is 7.07. The summed E-state index contributed by atoms with van der Waals surface area (Å²) in [6, 6.07) is 18.8. The van der Waals surface area contributed by atoms with Gasteiger partial charge < -0.3 is 0 Å². The van der Waals surface area contributed by atoms with Crippen molar-refractivity contribution >= 4 is 12.0 Å². The van der Waals surface area contributed by atoms with Crippen LogP contribution >= 0.6 is 0 Å². The molecule has 1 atom stereocenters. The first-order valence-electron chi connectivity index (χ1n) is 7.07. The van der Waals surface area contributed by atoms with Crippen LogP contribution in [-0.2, 0) is 0 Å². The molecule has 2 aromatic carbocycles. The molecule has 2 aromatic rings. The average Bonchev–Trinajstić information content (AvgIpc) is 2.59. The van der Waals surface area contributed by atoms with E-state index in [9.17, 15) is 4.79 Å². The van der Waals surface area contributed by atoms with Gasteiger partial charge in [0, 0.05) is 12.0 Å². The lowest BCUT2D eigenvalue weighted by molar-refractivity contribution is 0.0929. The first kappa shape index (κ1) is 15.6. The highest BCUT2D eigenvalue weighted by Gasteiger charge is 2.07. The molecular weight excluding hydrogens is 272 g/mol. The van der Waals surface area contributed by atoms with Gasteiger partial charge in [0.1, 0.15) is 0 Å². The maximum absolute atomic E-state index is 12.0. The molecule has 110 valence electrons. The summed E-state index contributed by atoms with van der Waals surface area (Å²) in [7, 11) is 0. The SMILES string of the molecule is C#CCC(/C=C/c1ccccc1)NNC(=O)c1ccccc1. The Labute approximate surface area is 131 Å². The van der Waals surface area contributed by atoms with E-state index in [1.807, 2.05) is 60.7 Å². The van der Waals surface area contributed by atoms with Crippen LogP contribution in [0, 0.1) is 12.3 Å². The van der Waals surface area contributed by atoms with Gasteiger partial charge in [-0.15, -0.1) is 12.3 Å². The first-order chi connectivity index (χ1) is 10.8. The third kappa shape index (κ3) is 4.93. The molecule has 0 saturated carbocycles. The van der Waals surface area contributed by atoms with Crippen LogP contribution in [0.15, 0.2) is 66.7 Å². The van der Waals surface area contributed by atoms with Gasteiger partial charge in [-0.05, 0) is 17.7 Å². The lowest BCUT2D eigenvalue weighted by atomic mass is 10.1. The Balaban J connectivity index is 1.93. The molecule has 0 aliphatic carbocycles. The summed E-state index contributed by atoms with van der Waals surface area (Å²) in [4.78, 5) is 12.0. The number of terminal acetylenes is 1. The number of amides is 1. The van der Waals surface area contributed by atoms with Crippen LogP contribution < -0.4 is 10.9 Å².